The maximum atomic E-state index is 14.6. The molecule has 0 saturated carbocycles. The minimum absolute atomic E-state index is 0.0551. The van der Waals surface area contributed by atoms with Crippen molar-refractivity contribution in [3.8, 4) is 5.75 Å². The largest absolute Gasteiger partial charge is 0.495 e. The molecule has 184 valence electrons. The van der Waals surface area contributed by atoms with Crippen molar-refractivity contribution < 1.29 is 18.7 Å². The number of hydrogen-bond donors (Lipinski definition) is 2. The number of benzene rings is 1. The van der Waals surface area contributed by atoms with Crippen LogP contribution in [0.4, 0.5) is 21.8 Å². The average molecular weight is 492 g/mol. The van der Waals surface area contributed by atoms with E-state index in [0.29, 0.717) is 29.3 Å². The van der Waals surface area contributed by atoms with Crippen molar-refractivity contribution in [2.75, 3.05) is 24.9 Å². The van der Waals surface area contributed by atoms with E-state index < -0.39 is 11.8 Å². The first kappa shape index (κ1) is 25.6. The Labute approximate surface area is 204 Å². The second-order valence-electron chi connectivity index (χ2n) is 9.45. The zero-order valence-electron chi connectivity index (χ0n) is 20.3. The molecule has 34 heavy (non-hydrogen) atoms. The standard InChI is InChI=1S/C24H31ClFN5O3/c1-23(2)12-16(13-24(3,4)31(23)10-9-20(32)34-6)28-21-18(26)14-27-22(30-21)29-15-7-8-19(33-5)17(25)11-15/h7-11,14,16H,12-13H2,1-6H3,(H2,27,28,29,30)/b10-9+. The van der Waals surface area contributed by atoms with E-state index in [1.807, 2.05) is 0 Å². The fourth-order valence-corrected chi connectivity index (χ4v) is 4.86. The van der Waals surface area contributed by atoms with Crippen LogP contribution in [0.3, 0.4) is 0 Å². The van der Waals surface area contributed by atoms with E-state index in [2.05, 4.69) is 53.2 Å². The Balaban J connectivity index is 1.77. The minimum atomic E-state index is -0.540. The SMILES string of the molecule is COC(=O)/C=C/N1C(C)(C)CC(Nc2nc(Nc3ccc(OC)c(Cl)c3)ncc2F)CC1(C)C. The fourth-order valence-electron chi connectivity index (χ4n) is 4.60. The molecule has 0 unspecified atom stereocenters. The van der Waals surface area contributed by atoms with Crippen molar-refractivity contribution in [2.24, 2.45) is 0 Å². The quantitative estimate of drug-likeness (QED) is 0.406. The Hall–Kier alpha value is -3.07. The van der Waals surface area contributed by atoms with Gasteiger partial charge in [-0.15, -0.1) is 0 Å². The fraction of sp³-hybridized carbons (Fsp3) is 0.458. The van der Waals surface area contributed by atoms with E-state index in [-0.39, 0.29) is 28.9 Å². The number of piperidine rings is 1. The second-order valence-corrected chi connectivity index (χ2v) is 9.85. The van der Waals surface area contributed by atoms with Crippen LogP contribution in [0.25, 0.3) is 0 Å². The third-order valence-corrected chi connectivity index (χ3v) is 6.15. The lowest BCUT2D eigenvalue weighted by Gasteiger charge is -2.55. The Kier molecular flexibility index (Phi) is 7.55. The molecule has 1 aliphatic heterocycles. The summed E-state index contributed by atoms with van der Waals surface area (Å²) in [6.07, 6.45) is 5.72. The van der Waals surface area contributed by atoms with Crippen LogP contribution >= 0.6 is 11.6 Å². The molecule has 3 rings (SSSR count). The third-order valence-electron chi connectivity index (χ3n) is 5.85. The summed E-state index contributed by atoms with van der Waals surface area (Å²) in [6, 6.07) is 5.12. The van der Waals surface area contributed by atoms with E-state index in [9.17, 15) is 9.18 Å². The summed E-state index contributed by atoms with van der Waals surface area (Å²) in [5, 5.41) is 6.74. The molecule has 8 nitrogen and oxygen atoms in total. The molecule has 10 heteroatoms. The van der Waals surface area contributed by atoms with Crippen LogP contribution in [0.2, 0.25) is 5.02 Å². The van der Waals surface area contributed by atoms with Gasteiger partial charge in [0.25, 0.3) is 0 Å². The molecule has 0 bridgehead atoms. The predicted octanol–water partition coefficient (Wildman–Crippen LogP) is 5.14. The Morgan fingerprint density at radius 2 is 1.91 bits per heavy atom. The van der Waals surface area contributed by atoms with Crippen molar-refractivity contribution >= 4 is 35.0 Å². The van der Waals surface area contributed by atoms with Crippen LogP contribution in [-0.4, -0.2) is 52.2 Å². The molecule has 1 saturated heterocycles. The number of anilines is 3. The maximum Gasteiger partial charge on any atom is 0.331 e. The number of hydrogen-bond acceptors (Lipinski definition) is 8. The Morgan fingerprint density at radius 3 is 2.50 bits per heavy atom. The number of methoxy groups -OCH3 is 2. The molecule has 2 aromatic rings. The lowest BCUT2D eigenvalue weighted by atomic mass is 9.77. The Bertz CT molecular complexity index is 1060. The average Bonchev–Trinajstić information content (AvgIpc) is 2.74. The first-order chi connectivity index (χ1) is 15.9. The maximum absolute atomic E-state index is 14.6. The van der Waals surface area contributed by atoms with Gasteiger partial charge in [0, 0.05) is 35.1 Å². The second kappa shape index (κ2) is 10.0. The highest BCUT2D eigenvalue weighted by Crippen LogP contribution is 2.40. The van der Waals surface area contributed by atoms with Crippen LogP contribution in [0.15, 0.2) is 36.7 Å². The van der Waals surface area contributed by atoms with E-state index in [4.69, 9.17) is 21.1 Å². The molecule has 1 aromatic carbocycles. The molecule has 0 radical (unpaired) electrons. The van der Waals surface area contributed by atoms with Crippen molar-refractivity contribution in [3.05, 3.63) is 47.5 Å². The van der Waals surface area contributed by atoms with Gasteiger partial charge >= 0.3 is 5.97 Å². The predicted molar refractivity (Wildman–Crippen MR) is 131 cm³/mol. The van der Waals surface area contributed by atoms with Gasteiger partial charge < -0.3 is 25.0 Å². The van der Waals surface area contributed by atoms with Crippen LogP contribution in [0, 0.1) is 5.82 Å². The molecule has 0 spiro atoms. The molecule has 2 heterocycles. The van der Waals surface area contributed by atoms with Crippen molar-refractivity contribution in [1.82, 2.24) is 14.9 Å². The molecule has 2 N–H and O–H groups in total. The molecule has 0 atom stereocenters. The molecular weight excluding hydrogens is 461 g/mol. The van der Waals surface area contributed by atoms with Gasteiger partial charge in [-0.25, -0.2) is 14.2 Å². The van der Waals surface area contributed by atoms with Gasteiger partial charge in [-0.3, -0.25) is 0 Å². The highest BCUT2D eigenvalue weighted by atomic mass is 35.5. The molecule has 0 aliphatic carbocycles. The summed E-state index contributed by atoms with van der Waals surface area (Å²) < 4.78 is 24.5. The number of aromatic nitrogens is 2. The zero-order valence-corrected chi connectivity index (χ0v) is 21.0. The lowest BCUT2D eigenvalue weighted by molar-refractivity contribution is -0.135. The van der Waals surface area contributed by atoms with Gasteiger partial charge in [-0.2, -0.15) is 4.98 Å². The topological polar surface area (TPSA) is 88.6 Å². The molecule has 1 fully saturated rings. The van der Waals surface area contributed by atoms with E-state index in [1.54, 1.807) is 24.4 Å². The van der Waals surface area contributed by atoms with Gasteiger partial charge in [-0.1, -0.05) is 11.6 Å². The van der Waals surface area contributed by atoms with Crippen LogP contribution < -0.4 is 15.4 Å². The summed E-state index contributed by atoms with van der Waals surface area (Å²) in [7, 11) is 2.89. The van der Waals surface area contributed by atoms with Crippen molar-refractivity contribution in [1.29, 1.82) is 0 Å². The first-order valence-electron chi connectivity index (χ1n) is 10.9. The summed E-state index contributed by atoms with van der Waals surface area (Å²) in [5.74, 6) is -0.0445. The summed E-state index contributed by atoms with van der Waals surface area (Å²) >= 11 is 6.18. The van der Waals surface area contributed by atoms with Gasteiger partial charge in [0.1, 0.15) is 5.75 Å². The number of rotatable bonds is 7. The highest BCUT2D eigenvalue weighted by molar-refractivity contribution is 6.32. The zero-order chi connectivity index (χ0) is 25.1. The Morgan fingerprint density at radius 1 is 1.24 bits per heavy atom. The molecule has 1 aromatic heterocycles. The van der Waals surface area contributed by atoms with Crippen LogP contribution in [0.1, 0.15) is 40.5 Å². The highest BCUT2D eigenvalue weighted by Gasteiger charge is 2.44. The summed E-state index contributed by atoms with van der Waals surface area (Å²) in [4.78, 5) is 22.1. The summed E-state index contributed by atoms with van der Waals surface area (Å²) in [6.45, 7) is 8.34. The van der Waals surface area contributed by atoms with Gasteiger partial charge in [0.15, 0.2) is 11.6 Å². The van der Waals surface area contributed by atoms with Gasteiger partial charge in [-0.05, 0) is 58.7 Å². The van der Waals surface area contributed by atoms with Crippen molar-refractivity contribution in [3.63, 3.8) is 0 Å². The van der Waals surface area contributed by atoms with Gasteiger partial charge in [0.2, 0.25) is 5.95 Å². The number of ether oxygens (including phenoxy) is 2. The molecule has 1 aliphatic rings. The van der Waals surface area contributed by atoms with Crippen molar-refractivity contribution in [2.45, 2.75) is 57.7 Å². The van der Waals surface area contributed by atoms with Crippen LogP contribution in [-0.2, 0) is 9.53 Å². The molecular formula is C24H31ClFN5O3. The number of carbonyl (C=O) groups excluding carboxylic acids is 1. The number of likely N-dealkylation sites (tertiary alicyclic amines) is 1. The lowest BCUT2D eigenvalue weighted by Crippen LogP contribution is -2.60. The van der Waals surface area contributed by atoms with E-state index >= 15 is 0 Å². The monoisotopic (exact) mass is 491 g/mol. The normalized spacial score (nSPS) is 17.5. The number of carbonyl (C=O) groups is 1. The number of nitrogens with one attached hydrogen (secondary N) is 2. The smallest absolute Gasteiger partial charge is 0.331 e. The van der Waals surface area contributed by atoms with E-state index in [0.717, 1.165) is 6.20 Å². The number of nitrogens with zero attached hydrogens (tertiary/aromatic N) is 3. The molecule has 0 amide bonds. The van der Waals surface area contributed by atoms with E-state index in [1.165, 1.54) is 20.3 Å². The summed E-state index contributed by atoms with van der Waals surface area (Å²) in [5.41, 5.74) is 0.0271. The first-order valence-corrected chi connectivity index (χ1v) is 11.3. The number of esters is 1. The third kappa shape index (κ3) is 5.88. The minimum Gasteiger partial charge on any atom is -0.495 e. The number of halogens is 2. The van der Waals surface area contributed by atoms with Crippen LogP contribution in [0.5, 0.6) is 5.75 Å². The van der Waals surface area contributed by atoms with Gasteiger partial charge in [0.05, 0.1) is 25.4 Å².